The molecule has 0 aliphatic carbocycles. The number of piperazine rings is 1. The summed E-state index contributed by atoms with van der Waals surface area (Å²) in [6, 6.07) is 2.30. The Morgan fingerprint density at radius 2 is 2.25 bits per heavy atom. The summed E-state index contributed by atoms with van der Waals surface area (Å²) in [6.45, 7) is 2.79. The Morgan fingerprint density at radius 3 is 3.12 bits per heavy atom. The lowest BCUT2D eigenvalue weighted by molar-refractivity contribution is 0.243. The van der Waals surface area contributed by atoms with Crippen molar-refractivity contribution in [2.45, 2.75) is 6.04 Å². The molecule has 0 amide bonds. The fraction of sp³-hybridized carbons (Fsp3) is 0.455. The average Bonchev–Trinajstić information content (AvgIpc) is 2.28. The molecular weight excluding hydrogens is 214 g/mol. The molecule has 5 heteroatoms. The molecule has 1 saturated heterocycles. The first-order chi connectivity index (χ1) is 7.75. The molecule has 2 heterocycles. The van der Waals surface area contributed by atoms with Gasteiger partial charge in [-0.1, -0.05) is 0 Å². The summed E-state index contributed by atoms with van der Waals surface area (Å²) in [5, 5.41) is 3.23. The van der Waals surface area contributed by atoms with Gasteiger partial charge in [-0.05, 0) is 0 Å². The van der Waals surface area contributed by atoms with Crippen LogP contribution in [0.3, 0.4) is 0 Å². The van der Waals surface area contributed by atoms with Crippen molar-refractivity contribution >= 4 is 5.69 Å². The molecule has 3 nitrogen and oxygen atoms in total. The lowest BCUT2D eigenvalue weighted by Crippen LogP contribution is -2.56. The second-order valence-corrected chi connectivity index (χ2v) is 4.10. The van der Waals surface area contributed by atoms with Crippen LogP contribution in [0, 0.1) is 11.6 Å². The number of nitrogens with zero attached hydrogens (tertiary/aromatic N) is 1. The number of hydrogen-bond acceptors (Lipinski definition) is 3. The van der Waals surface area contributed by atoms with E-state index in [-0.39, 0.29) is 6.04 Å². The molecule has 0 bridgehead atoms. The van der Waals surface area contributed by atoms with Gasteiger partial charge < -0.3 is 15.0 Å². The summed E-state index contributed by atoms with van der Waals surface area (Å²) in [4.78, 5) is 1.96. The number of benzene rings is 1. The van der Waals surface area contributed by atoms with E-state index >= 15 is 0 Å². The number of anilines is 1. The van der Waals surface area contributed by atoms with Crippen molar-refractivity contribution in [3.8, 4) is 5.75 Å². The smallest absolute Gasteiger partial charge is 0.153 e. The van der Waals surface area contributed by atoms with Gasteiger partial charge in [-0.15, -0.1) is 0 Å². The second kappa shape index (κ2) is 3.59. The molecule has 86 valence electrons. The normalized spacial score (nSPS) is 23.4. The molecule has 3 rings (SSSR count). The average molecular weight is 226 g/mol. The minimum absolute atomic E-state index is 0.140. The van der Waals surface area contributed by atoms with E-state index in [0.29, 0.717) is 18.0 Å². The fourth-order valence-electron chi connectivity index (χ4n) is 2.32. The molecule has 0 spiro atoms. The lowest BCUT2D eigenvalue weighted by atomic mass is 10.1. The topological polar surface area (TPSA) is 24.5 Å². The minimum Gasteiger partial charge on any atom is -0.489 e. The quantitative estimate of drug-likeness (QED) is 0.718. The van der Waals surface area contributed by atoms with E-state index in [1.54, 1.807) is 0 Å². The van der Waals surface area contributed by atoms with Gasteiger partial charge in [-0.2, -0.15) is 0 Å². The predicted molar refractivity (Wildman–Crippen MR) is 55.9 cm³/mol. The number of fused-ring (bicyclic) bond motifs is 3. The van der Waals surface area contributed by atoms with Crippen molar-refractivity contribution in [2.75, 3.05) is 31.1 Å². The molecule has 1 unspecified atom stereocenters. The first-order valence-electron chi connectivity index (χ1n) is 5.35. The van der Waals surface area contributed by atoms with Crippen molar-refractivity contribution in [1.82, 2.24) is 5.32 Å². The molecule has 0 radical (unpaired) electrons. The van der Waals surface area contributed by atoms with Crippen LogP contribution in [-0.2, 0) is 0 Å². The third kappa shape index (κ3) is 1.43. The molecular formula is C11H12F2N2O. The summed E-state index contributed by atoms with van der Waals surface area (Å²) in [5.74, 6) is -0.818. The highest BCUT2D eigenvalue weighted by Gasteiger charge is 2.32. The maximum absolute atomic E-state index is 13.7. The van der Waals surface area contributed by atoms with Crippen LogP contribution in [0.15, 0.2) is 12.1 Å². The van der Waals surface area contributed by atoms with E-state index < -0.39 is 11.6 Å². The van der Waals surface area contributed by atoms with Gasteiger partial charge in [-0.3, -0.25) is 0 Å². The van der Waals surface area contributed by atoms with Crippen LogP contribution >= 0.6 is 0 Å². The van der Waals surface area contributed by atoms with Crippen LogP contribution in [-0.4, -0.2) is 32.3 Å². The molecule has 2 aliphatic rings. The van der Waals surface area contributed by atoms with Gasteiger partial charge in [0.15, 0.2) is 5.82 Å². The molecule has 1 aromatic rings. The van der Waals surface area contributed by atoms with Gasteiger partial charge in [0.25, 0.3) is 0 Å². The number of hydrogen-bond donors (Lipinski definition) is 1. The monoisotopic (exact) mass is 226 g/mol. The largest absolute Gasteiger partial charge is 0.489 e. The van der Waals surface area contributed by atoms with Gasteiger partial charge in [0, 0.05) is 31.8 Å². The summed E-state index contributed by atoms with van der Waals surface area (Å²) in [6.07, 6.45) is 0. The van der Waals surface area contributed by atoms with Gasteiger partial charge in [0.05, 0.1) is 6.04 Å². The van der Waals surface area contributed by atoms with Crippen molar-refractivity contribution in [3.63, 3.8) is 0 Å². The van der Waals surface area contributed by atoms with Gasteiger partial charge in [0.2, 0.25) is 0 Å². The molecule has 1 atom stereocenters. The number of nitrogens with one attached hydrogen (secondary N) is 1. The summed E-state index contributed by atoms with van der Waals surface area (Å²) in [7, 11) is 0. The zero-order chi connectivity index (χ0) is 11.1. The van der Waals surface area contributed by atoms with Crippen molar-refractivity contribution in [1.29, 1.82) is 0 Å². The highest BCUT2D eigenvalue weighted by Crippen LogP contribution is 2.37. The van der Waals surface area contributed by atoms with E-state index in [1.165, 1.54) is 6.07 Å². The first kappa shape index (κ1) is 9.84. The van der Waals surface area contributed by atoms with Gasteiger partial charge in [-0.25, -0.2) is 8.78 Å². The number of halogens is 2. The van der Waals surface area contributed by atoms with Crippen LogP contribution in [0.5, 0.6) is 5.75 Å². The van der Waals surface area contributed by atoms with Crippen molar-refractivity contribution < 1.29 is 13.5 Å². The van der Waals surface area contributed by atoms with E-state index in [9.17, 15) is 8.78 Å². The molecule has 1 fully saturated rings. The van der Waals surface area contributed by atoms with Gasteiger partial charge in [0.1, 0.15) is 23.9 Å². The summed E-state index contributed by atoms with van der Waals surface area (Å²) >= 11 is 0. The second-order valence-electron chi connectivity index (χ2n) is 4.10. The van der Waals surface area contributed by atoms with E-state index in [4.69, 9.17) is 4.74 Å². The molecule has 2 aliphatic heterocycles. The van der Waals surface area contributed by atoms with Crippen molar-refractivity contribution in [3.05, 3.63) is 23.8 Å². The van der Waals surface area contributed by atoms with Gasteiger partial charge >= 0.3 is 0 Å². The van der Waals surface area contributed by atoms with Crippen LogP contribution in [0.2, 0.25) is 0 Å². The summed E-state index contributed by atoms with van der Waals surface area (Å²) < 4.78 is 32.1. The molecule has 0 saturated carbocycles. The zero-order valence-corrected chi connectivity index (χ0v) is 8.67. The lowest BCUT2D eigenvalue weighted by Gasteiger charge is -2.41. The summed E-state index contributed by atoms with van der Waals surface area (Å²) in [5.41, 5.74) is 0.402. The third-order valence-electron chi connectivity index (χ3n) is 3.06. The molecule has 16 heavy (non-hydrogen) atoms. The SMILES string of the molecule is Fc1cc(F)c2c(c1)OCC1CNCCN21. The Hall–Kier alpha value is -1.36. The van der Waals surface area contributed by atoms with Crippen LogP contribution in [0.25, 0.3) is 0 Å². The third-order valence-corrected chi connectivity index (χ3v) is 3.06. The first-order valence-corrected chi connectivity index (χ1v) is 5.35. The Bertz CT molecular complexity index is 425. The predicted octanol–water partition coefficient (Wildman–Crippen LogP) is 1.14. The Labute approximate surface area is 92.0 Å². The maximum atomic E-state index is 13.7. The zero-order valence-electron chi connectivity index (χ0n) is 8.67. The Morgan fingerprint density at radius 1 is 1.38 bits per heavy atom. The molecule has 0 aromatic heterocycles. The standard InChI is InChI=1S/C11H12F2N2O/c12-7-3-9(13)11-10(4-7)16-6-8-5-14-1-2-15(8)11/h3-4,8,14H,1-2,5-6H2. The Balaban J connectivity index is 2.07. The van der Waals surface area contributed by atoms with Crippen molar-refractivity contribution in [2.24, 2.45) is 0 Å². The number of ether oxygens (including phenoxy) is 1. The van der Waals surface area contributed by atoms with E-state index in [0.717, 1.165) is 25.7 Å². The molecule has 1 N–H and O–H groups in total. The van der Waals surface area contributed by atoms with Crippen LogP contribution < -0.4 is 15.0 Å². The van der Waals surface area contributed by atoms with E-state index in [2.05, 4.69) is 5.32 Å². The minimum atomic E-state index is -0.593. The highest BCUT2D eigenvalue weighted by molar-refractivity contribution is 5.62. The fourth-order valence-corrected chi connectivity index (χ4v) is 2.32. The highest BCUT2D eigenvalue weighted by atomic mass is 19.1. The molecule has 1 aromatic carbocycles. The van der Waals surface area contributed by atoms with Crippen LogP contribution in [0.4, 0.5) is 14.5 Å². The maximum Gasteiger partial charge on any atom is 0.153 e. The Kier molecular flexibility index (Phi) is 2.21. The van der Waals surface area contributed by atoms with Crippen LogP contribution in [0.1, 0.15) is 0 Å². The van der Waals surface area contributed by atoms with E-state index in [1.807, 2.05) is 4.90 Å². The number of rotatable bonds is 0.